The molecule has 0 saturated heterocycles. The van der Waals surface area contributed by atoms with Gasteiger partial charge in [0, 0.05) is 11.1 Å². The Kier molecular flexibility index (Phi) is 4.57. The van der Waals surface area contributed by atoms with Crippen LogP contribution in [-0.2, 0) is 11.3 Å². The molecule has 1 aromatic heterocycles. The topological polar surface area (TPSA) is 59.8 Å². The van der Waals surface area contributed by atoms with E-state index in [9.17, 15) is 9.59 Å². The van der Waals surface area contributed by atoms with Crippen molar-refractivity contribution in [3.05, 3.63) is 82.8 Å². The summed E-state index contributed by atoms with van der Waals surface area (Å²) in [5.41, 5.74) is 4.35. The molecule has 1 amide bonds. The number of aldehydes is 1. The third kappa shape index (κ3) is 3.22. The second kappa shape index (κ2) is 7.19. The van der Waals surface area contributed by atoms with Crippen molar-refractivity contribution in [1.82, 2.24) is 0 Å². The van der Waals surface area contributed by atoms with E-state index in [-0.39, 0.29) is 18.2 Å². The van der Waals surface area contributed by atoms with Crippen LogP contribution in [0.5, 0.6) is 5.75 Å². The van der Waals surface area contributed by atoms with Crippen molar-refractivity contribution in [2.45, 2.75) is 13.5 Å². The molecule has 5 nitrogen and oxygen atoms in total. The number of ether oxygens (including phenoxy) is 1. The second-order valence-corrected chi connectivity index (χ2v) is 6.67. The summed E-state index contributed by atoms with van der Waals surface area (Å²) in [7, 11) is 1.62. The fourth-order valence-electron chi connectivity index (χ4n) is 3.33. The third-order valence-electron chi connectivity index (χ3n) is 4.75. The molecular weight excluding hydrogens is 354 g/mol. The molecule has 1 aliphatic heterocycles. The molecule has 0 unspecified atom stereocenters. The average Bonchev–Trinajstić information content (AvgIpc) is 3.27. The molecule has 0 saturated carbocycles. The summed E-state index contributed by atoms with van der Waals surface area (Å²) in [6.07, 6.45) is 2.54. The number of amides is 1. The van der Waals surface area contributed by atoms with Crippen LogP contribution in [0.25, 0.3) is 11.6 Å². The number of hydrogen-bond acceptors (Lipinski definition) is 4. The van der Waals surface area contributed by atoms with Crippen molar-refractivity contribution >= 4 is 29.5 Å². The first-order chi connectivity index (χ1) is 13.6. The molecule has 0 radical (unpaired) electrons. The summed E-state index contributed by atoms with van der Waals surface area (Å²) in [5.74, 6) is 1.48. The normalized spacial score (nSPS) is 14.4. The number of nitrogens with zero attached hydrogens (tertiary/aromatic N) is 1. The van der Waals surface area contributed by atoms with Crippen molar-refractivity contribution < 1.29 is 18.7 Å². The number of benzene rings is 2. The van der Waals surface area contributed by atoms with Crippen LogP contribution in [0.4, 0.5) is 5.69 Å². The lowest BCUT2D eigenvalue weighted by Crippen LogP contribution is -2.25. The third-order valence-corrected chi connectivity index (χ3v) is 4.75. The molecule has 0 fully saturated rings. The van der Waals surface area contributed by atoms with Gasteiger partial charge in [-0.05, 0) is 55.0 Å². The van der Waals surface area contributed by atoms with E-state index < -0.39 is 0 Å². The van der Waals surface area contributed by atoms with Crippen molar-refractivity contribution in [2.24, 2.45) is 0 Å². The minimum Gasteiger partial charge on any atom is -0.497 e. The summed E-state index contributed by atoms with van der Waals surface area (Å²) in [6.45, 7) is 2.27. The van der Waals surface area contributed by atoms with Crippen LogP contribution in [0.1, 0.15) is 33.0 Å². The van der Waals surface area contributed by atoms with E-state index in [2.05, 4.69) is 0 Å². The molecule has 0 bridgehead atoms. The first-order valence-electron chi connectivity index (χ1n) is 8.91. The number of aryl methyl sites for hydroxylation is 1. The standard InChI is InChI=1S/C23H19NO4/c1-15-3-10-22-20(11-15)21(12-16-4-6-17(27-2)7-5-16)23(26)24(22)13-18-8-9-19(14-25)28-18/h3-12,14H,13H2,1-2H3/b21-12+. The van der Waals surface area contributed by atoms with Gasteiger partial charge in [-0.3, -0.25) is 9.59 Å². The second-order valence-electron chi connectivity index (χ2n) is 6.67. The van der Waals surface area contributed by atoms with Crippen LogP contribution in [0.15, 0.2) is 59.0 Å². The molecule has 2 aromatic carbocycles. The number of carbonyl (C=O) groups excluding carboxylic acids is 2. The molecule has 1 aliphatic rings. The van der Waals surface area contributed by atoms with Crippen molar-refractivity contribution in [1.29, 1.82) is 0 Å². The van der Waals surface area contributed by atoms with E-state index in [1.54, 1.807) is 24.1 Å². The SMILES string of the molecule is COc1ccc(/C=C2/C(=O)N(Cc3ccc(C=O)o3)c3ccc(C)cc32)cc1. The Balaban J connectivity index is 1.73. The lowest BCUT2D eigenvalue weighted by atomic mass is 10.0. The van der Waals surface area contributed by atoms with E-state index >= 15 is 0 Å². The predicted molar refractivity (Wildman–Crippen MR) is 107 cm³/mol. The Bertz CT molecular complexity index is 1080. The Morgan fingerprint density at radius 3 is 2.54 bits per heavy atom. The number of fused-ring (bicyclic) bond motifs is 1. The van der Waals surface area contributed by atoms with Gasteiger partial charge in [0.1, 0.15) is 11.5 Å². The highest BCUT2D eigenvalue weighted by Gasteiger charge is 2.33. The van der Waals surface area contributed by atoms with Crippen molar-refractivity contribution in [2.75, 3.05) is 12.0 Å². The van der Waals surface area contributed by atoms with Gasteiger partial charge in [-0.25, -0.2) is 0 Å². The fraction of sp³-hybridized carbons (Fsp3) is 0.130. The van der Waals surface area contributed by atoms with E-state index in [1.165, 1.54) is 0 Å². The molecule has 4 rings (SSSR count). The number of carbonyl (C=O) groups is 2. The highest BCUT2D eigenvalue weighted by atomic mass is 16.5. The molecule has 0 spiro atoms. The molecule has 140 valence electrons. The molecule has 5 heteroatoms. The van der Waals surface area contributed by atoms with Crippen molar-refractivity contribution in [3.8, 4) is 5.75 Å². The monoisotopic (exact) mass is 373 g/mol. The molecular formula is C23H19NO4. The van der Waals surface area contributed by atoms with Gasteiger partial charge in [-0.15, -0.1) is 0 Å². The maximum Gasteiger partial charge on any atom is 0.259 e. The minimum atomic E-state index is -0.0968. The Morgan fingerprint density at radius 1 is 1.07 bits per heavy atom. The van der Waals surface area contributed by atoms with E-state index in [1.807, 2.05) is 55.5 Å². The average molecular weight is 373 g/mol. The zero-order valence-electron chi connectivity index (χ0n) is 15.6. The maximum atomic E-state index is 13.2. The van der Waals surface area contributed by atoms with Crippen LogP contribution < -0.4 is 9.64 Å². The summed E-state index contributed by atoms with van der Waals surface area (Å²) >= 11 is 0. The van der Waals surface area contributed by atoms with Gasteiger partial charge in [0.2, 0.25) is 0 Å². The van der Waals surface area contributed by atoms with E-state index in [0.717, 1.165) is 28.1 Å². The molecule has 3 aromatic rings. The Labute approximate surface area is 162 Å². The zero-order chi connectivity index (χ0) is 19.7. The van der Waals surface area contributed by atoms with Crippen LogP contribution in [0, 0.1) is 6.92 Å². The molecule has 0 aliphatic carbocycles. The summed E-state index contributed by atoms with van der Waals surface area (Å²) in [4.78, 5) is 25.7. The zero-order valence-corrected chi connectivity index (χ0v) is 15.6. The largest absolute Gasteiger partial charge is 0.497 e. The van der Waals surface area contributed by atoms with Gasteiger partial charge < -0.3 is 14.1 Å². The number of methoxy groups -OCH3 is 1. The smallest absolute Gasteiger partial charge is 0.259 e. The molecule has 28 heavy (non-hydrogen) atoms. The summed E-state index contributed by atoms with van der Waals surface area (Å²) in [6, 6.07) is 16.8. The van der Waals surface area contributed by atoms with E-state index in [4.69, 9.17) is 9.15 Å². The fourth-order valence-corrected chi connectivity index (χ4v) is 3.33. The Morgan fingerprint density at radius 2 is 1.86 bits per heavy atom. The number of rotatable bonds is 5. The number of anilines is 1. The van der Waals surface area contributed by atoms with Crippen LogP contribution >= 0.6 is 0 Å². The van der Waals surface area contributed by atoms with Gasteiger partial charge in [-0.1, -0.05) is 23.8 Å². The number of furan rings is 1. The van der Waals surface area contributed by atoms with Gasteiger partial charge in [0.15, 0.2) is 12.0 Å². The van der Waals surface area contributed by atoms with Gasteiger partial charge >= 0.3 is 0 Å². The first kappa shape index (κ1) is 17.8. The summed E-state index contributed by atoms with van der Waals surface area (Å²) in [5, 5.41) is 0. The van der Waals surface area contributed by atoms with Crippen molar-refractivity contribution in [3.63, 3.8) is 0 Å². The van der Waals surface area contributed by atoms with Gasteiger partial charge in [-0.2, -0.15) is 0 Å². The highest BCUT2D eigenvalue weighted by molar-refractivity contribution is 6.35. The molecule has 2 heterocycles. The maximum absolute atomic E-state index is 13.2. The van der Waals surface area contributed by atoms with Crippen LogP contribution in [-0.4, -0.2) is 19.3 Å². The van der Waals surface area contributed by atoms with Crippen LogP contribution in [0.3, 0.4) is 0 Å². The first-order valence-corrected chi connectivity index (χ1v) is 8.91. The lowest BCUT2D eigenvalue weighted by Gasteiger charge is -2.15. The van der Waals surface area contributed by atoms with Gasteiger partial charge in [0.05, 0.1) is 19.3 Å². The lowest BCUT2D eigenvalue weighted by molar-refractivity contribution is -0.113. The Hall–Kier alpha value is -3.60. The van der Waals surface area contributed by atoms with Crippen LogP contribution in [0.2, 0.25) is 0 Å². The quantitative estimate of drug-likeness (QED) is 0.488. The predicted octanol–water partition coefficient (Wildman–Crippen LogP) is 4.50. The summed E-state index contributed by atoms with van der Waals surface area (Å²) < 4.78 is 10.7. The highest BCUT2D eigenvalue weighted by Crippen LogP contribution is 2.39. The number of hydrogen-bond donors (Lipinski definition) is 0. The molecule has 0 atom stereocenters. The van der Waals surface area contributed by atoms with Gasteiger partial charge in [0.25, 0.3) is 5.91 Å². The van der Waals surface area contributed by atoms with E-state index in [0.29, 0.717) is 17.6 Å². The molecule has 0 N–H and O–H groups in total. The minimum absolute atomic E-state index is 0.0968.